The molecule has 3 heterocycles. The minimum Gasteiger partial charge on any atom is -0.493 e. The number of benzene rings is 3. The van der Waals surface area contributed by atoms with Crippen molar-refractivity contribution in [1.82, 2.24) is 4.90 Å². The highest BCUT2D eigenvalue weighted by Gasteiger charge is 2.47. The van der Waals surface area contributed by atoms with Crippen LogP contribution in [0.5, 0.6) is 17.2 Å². The Morgan fingerprint density at radius 3 is 2.43 bits per heavy atom. The van der Waals surface area contributed by atoms with E-state index in [1.54, 1.807) is 0 Å². The van der Waals surface area contributed by atoms with E-state index in [0.29, 0.717) is 19.4 Å². The molecule has 272 valence electrons. The number of aliphatic hydroxyl groups excluding tert-OH is 5. The number of nitro benzene ring substituents is 1. The number of rotatable bonds is 10. The first-order chi connectivity index (χ1) is 24.5. The molecule has 3 aliphatic heterocycles. The Morgan fingerprint density at radius 1 is 0.961 bits per heavy atom. The predicted octanol–water partition coefficient (Wildman–Crippen LogP) is 1.44. The molecule has 51 heavy (non-hydrogen) atoms. The van der Waals surface area contributed by atoms with Crippen LogP contribution in [0.2, 0.25) is 0 Å². The average Bonchev–Trinajstić information content (AvgIpc) is 3.61. The summed E-state index contributed by atoms with van der Waals surface area (Å²) in [5, 5.41) is 63.4. The fourth-order valence-electron chi connectivity index (χ4n) is 6.36. The highest BCUT2D eigenvalue weighted by atomic mass is 16.7. The Morgan fingerprint density at radius 2 is 1.73 bits per heavy atom. The van der Waals surface area contributed by atoms with Crippen molar-refractivity contribution in [3.05, 3.63) is 87.5 Å². The van der Waals surface area contributed by atoms with Crippen LogP contribution in [0.4, 0.5) is 16.2 Å². The molecular formula is C34H37N3O14. The van der Waals surface area contributed by atoms with Crippen molar-refractivity contribution >= 4 is 23.4 Å². The molecule has 0 spiro atoms. The highest BCUT2D eigenvalue weighted by Crippen LogP contribution is 2.42. The molecule has 5 N–H and O–H groups in total. The first kappa shape index (κ1) is 35.8. The van der Waals surface area contributed by atoms with Gasteiger partial charge in [-0.1, -0.05) is 36.4 Å². The van der Waals surface area contributed by atoms with Crippen molar-refractivity contribution < 1.29 is 63.7 Å². The largest absolute Gasteiger partial charge is 0.493 e. The fraction of sp³-hybridized carbons (Fsp3) is 0.412. The molecule has 0 aliphatic carbocycles. The van der Waals surface area contributed by atoms with E-state index in [1.807, 2.05) is 30.3 Å². The topological polar surface area (TPSA) is 231 Å². The van der Waals surface area contributed by atoms with E-state index in [9.17, 15) is 45.2 Å². The predicted molar refractivity (Wildman–Crippen MR) is 174 cm³/mol. The van der Waals surface area contributed by atoms with Crippen molar-refractivity contribution in [2.45, 2.75) is 69.0 Å². The van der Waals surface area contributed by atoms with Gasteiger partial charge in [0.05, 0.1) is 35.9 Å². The maximum absolute atomic E-state index is 13.8. The van der Waals surface area contributed by atoms with Crippen LogP contribution in [0.3, 0.4) is 0 Å². The van der Waals surface area contributed by atoms with E-state index in [0.717, 1.165) is 22.6 Å². The maximum Gasteiger partial charge on any atom is 0.416 e. The van der Waals surface area contributed by atoms with Gasteiger partial charge in [0, 0.05) is 18.7 Å². The lowest BCUT2D eigenvalue weighted by Gasteiger charge is -2.39. The molecule has 3 aliphatic rings. The van der Waals surface area contributed by atoms with E-state index in [4.69, 9.17) is 23.7 Å². The zero-order valence-electron chi connectivity index (χ0n) is 27.3. The first-order valence-corrected chi connectivity index (χ1v) is 16.1. The van der Waals surface area contributed by atoms with Gasteiger partial charge in [0.15, 0.2) is 23.5 Å². The number of fused-ring (bicyclic) bond motifs is 2. The summed E-state index contributed by atoms with van der Waals surface area (Å²) in [4.78, 5) is 41.2. The third-order valence-electron chi connectivity index (χ3n) is 9.05. The number of hydrogen-bond acceptors (Lipinski definition) is 14. The van der Waals surface area contributed by atoms with Gasteiger partial charge >= 0.3 is 11.8 Å². The number of aliphatic hydroxyl groups is 5. The molecule has 0 saturated carbocycles. The Balaban J connectivity index is 1.25. The number of nitro groups is 1. The molecule has 0 aromatic heterocycles. The fourth-order valence-corrected chi connectivity index (χ4v) is 6.36. The quantitative estimate of drug-likeness (QED) is 0.148. The van der Waals surface area contributed by atoms with Gasteiger partial charge in [-0.3, -0.25) is 14.9 Å². The second-order valence-electron chi connectivity index (χ2n) is 12.2. The number of carbonyl (C=O) groups is 2. The van der Waals surface area contributed by atoms with Gasteiger partial charge in [-0.25, -0.2) is 9.69 Å². The lowest BCUT2D eigenvalue weighted by Crippen LogP contribution is -2.60. The molecule has 3 aromatic carbocycles. The molecule has 17 nitrogen and oxygen atoms in total. The van der Waals surface area contributed by atoms with Crippen LogP contribution in [0.1, 0.15) is 34.3 Å². The molecule has 17 heteroatoms. The number of methoxy groups -OCH3 is 1. The molecule has 2 saturated heterocycles. The smallest absolute Gasteiger partial charge is 0.416 e. The molecule has 2 fully saturated rings. The molecule has 0 unspecified atom stereocenters. The summed E-state index contributed by atoms with van der Waals surface area (Å²) in [6.07, 6.45) is -9.75. The van der Waals surface area contributed by atoms with Crippen LogP contribution in [0.25, 0.3) is 0 Å². The number of amides is 2. The lowest BCUT2D eigenvalue weighted by molar-refractivity contribution is -0.387. The van der Waals surface area contributed by atoms with Crippen LogP contribution in [-0.4, -0.2) is 111 Å². The first-order valence-electron chi connectivity index (χ1n) is 16.1. The van der Waals surface area contributed by atoms with Crippen molar-refractivity contribution in [2.24, 2.45) is 0 Å². The zero-order chi connectivity index (χ0) is 36.4. The summed E-state index contributed by atoms with van der Waals surface area (Å²) in [6.45, 7) is -0.733. The van der Waals surface area contributed by atoms with Gasteiger partial charge in [0.1, 0.15) is 37.6 Å². The summed E-state index contributed by atoms with van der Waals surface area (Å²) in [6, 6.07) is 15.0. The number of ether oxygens (including phenoxy) is 5. The van der Waals surface area contributed by atoms with Gasteiger partial charge in [0.2, 0.25) is 6.29 Å². The third-order valence-corrected chi connectivity index (χ3v) is 9.05. The van der Waals surface area contributed by atoms with Gasteiger partial charge in [-0.2, -0.15) is 0 Å². The Labute approximate surface area is 290 Å². The van der Waals surface area contributed by atoms with Gasteiger partial charge in [-0.15, -0.1) is 0 Å². The van der Waals surface area contributed by atoms with Crippen molar-refractivity contribution in [3.8, 4) is 17.2 Å². The second kappa shape index (κ2) is 15.1. The summed E-state index contributed by atoms with van der Waals surface area (Å²) >= 11 is 0. The monoisotopic (exact) mass is 711 g/mol. The number of nitrogens with zero attached hydrogens (tertiary/aromatic N) is 3. The number of hydrogen-bond donors (Lipinski definition) is 5. The summed E-state index contributed by atoms with van der Waals surface area (Å²) in [7, 11) is 1.41. The summed E-state index contributed by atoms with van der Waals surface area (Å²) in [5.74, 6) is -0.365. The van der Waals surface area contributed by atoms with Gasteiger partial charge < -0.3 is 54.1 Å². The Bertz CT molecular complexity index is 1760. The van der Waals surface area contributed by atoms with Crippen LogP contribution in [0.15, 0.2) is 60.7 Å². The van der Waals surface area contributed by atoms with Crippen LogP contribution >= 0.6 is 0 Å². The normalized spacial score (nSPS) is 25.8. The maximum atomic E-state index is 13.8. The molecular weight excluding hydrogens is 674 g/mol. The van der Waals surface area contributed by atoms with Crippen LogP contribution in [0, 0.1) is 10.1 Å². The zero-order valence-corrected chi connectivity index (χ0v) is 27.3. The lowest BCUT2D eigenvalue weighted by atomic mass is 9.99. The standard InChI is InChI=1S/C34H37N3O14/c1-47-25-13-20-22(14-26(25)48-16-18-6-3-2-4-7-18)36(32(43)21-8-5-11-35(21)31(20)42)34(44)49-17-19-9-10-24(23(12-19)37(45)46)50-33-30(41)29(40)28(39)27(15-38)51-33/h2-4,6-7,9-10,12-14,21,27-30,32-33,38-41,43H,5,8,11,15-17H2,1H3/t21-,27+,28-,29-,30+,32-,33+/m0/s1. The van der Waals surface area contributed by atoms with E-state index in [2.05, 4.69) is 0 Å². The van der Waals surface area contributed by atoms with Crippen molar-refractivity contribution in [1.29, 1.82) is 0 Å². The summed E-state index contributed by atoms with van der Waals surface area (Å²) < 4.78 is 27.9. The minimum absolute atomic E-state index is 0.0185. The minimum atomic E-state index is -1.81. The van der Waals surface area contributed by atoms with Gasteiger partial charge in [0.25, 0.3) is 5.91 Å². The summed E-state index contributed by atoms with van der Waals surface area (Å²) in [5.41, 5.74) is 0.469. The molecule has 3 aromatic rings. The van der Waals surface area contributed by atoms with Crippen LogP contribution in [-0.2, 0) is 22.7 Å². The number of carbonyl (C=O) groups excluding carboxylic acids is 2. The molecule has 2 amide bonds. The molecule has 6 rings (SSSR count). The Hall–Kier alpha value is -5.04. The third kappa shape index (κ3) is 7.12. The molecule has 0 radical (unpaired) electrons. The van der Waals surface area contributed by atoms with Crippen LogP contribution < -0.4 is 19.1 Å². The average molecular weight is 712 g/mol. The van der Waals surface area contributed by atoms with E-state index < -0.39 is 78.8 Å². The Kier molecular flexibility index (Phi) is 10.6. The van der Waals surface area contributed by atoms with Crippen molar-refractivity contribution in [3.63, 3.8) is 0 Å². The highest BCUT2D eigenvalue weighted by molar-refractivity contribution is 6.06. The molecule has 0 bridgehead atoms. The van der Waals surface area contributed by atoms with E-state index >= 15 is 0 Å². The molecule has 7 atom stereocenters. The SMILES string of the molecule is COc1cc2c(cc1OCc1ccccc1)N(C(=O)OCc1ccc(O[C@@H]3O[C@H](CO)[C@H](O)[C@H](O)[C@H]3O)c([N+](=O)[O-])c1)[C@@H](O)[C@@H]1CCCN1C2=O. The second-order valence-corrected chi connectivity index (χ2v) is 12.2. The van der Waals surface area contributed by atoms with Gasteiger partial charge in [-0.05, 0) is 36.1 Å². The van der Waals surface area contributed by atoms with E-state index in [-0.39, 0.29) is 40.7 Å². The van der Waals surface area contributed by atoms with Crippen molar-refractivity contribution in [2.75, 3.05) is 25.2 Å². The number of anilines is 1. The van der Waals surface area contributed by atoms with E-state index in [1.165, 1.54) is 30.2 Å².